The van der Waals surface area contributed by atoms with Crippen molar-refractivity contribution in [3.05, 3.63) is 0 Å². The first-order valence-electron chi connectivity index (χ1n) is 8.62. The lowest BCUT2D eigenvalue weighted by Crippen LogP contribution is -1.98. The molecule has 0 radical (unpaired) electrons. The zero-order valence-corrected chi connectivity index (χ0v) is 15.1. The molecule has 0 saturated heterocycles. The van der Waals surface area contributed by atoms with Crippen molar-refractivity contribution >= 4 is 10.4 Å². The van der Waals surface area contributed by atoms with E-state index < -0.39 is 10.4 Å². The van der Waals surface area contributed by atoms with E-state index in [0.717, 1.165) is 6.42 Å². The summed E-state index contributed by atoms with van der Waals surface area (Å²) in [4.78, 5) is 0. The quantitative estimate of drug-likeness (QED) is 0.309. The molecule has 0 aliphatic heterocycles. The first kappa shape index (κ1) is 24.1. The van der Waals surface area contributed by atoms with Crippen molar-refractivity contribution in [2.24, 2.45) is 0 Å². The van der Waals surface area contributed by atoms with Crippen LogP contribution in [0.5, 0.6) is 0 Å². The Balaban J connectivity index is 0. The molecule has 0 aromatic heterocycles. The summed E-state index contributed by atoms with van der Waals surface area (Å²) < 4.78 is 34.1. The summed E-state index contributed by atoms with van der Waals surface area (Å²) in [5, 5.41) is 9.11. The Morgan fingerprint density at radius 2 is 1.05 bits per heavy atom. The Bertz CT molecular complexity index is 294. The SMILES string of the molecule is CCCCCCCCCCCCCCC(C)O.O=S(=O)([O-])[O-]. The van der Waals surface area contributed by atoms with Crippen LogP contribution in [0.3, 0.4) is 0 Å². The van der Waals surface area contributed by atoms with Gasteiger partial charge in [-0.3, -0.25) is 8.42 Å². The van der Waals surface area contributed by atoms with Crippen LogP contribution in [0, 0.1) is 0 Å². The fourth-order valence-corrected chi connectivity index (χ4v) is 2.28. The van der Waals surface area contributed by atoms with E-state index >= 15 is 0 Å². The van der Waals surface area contributed by atoms with Crippen LogP contribution in [-0.2, 0) is 10.4 Å². The summed E-state index contributed by atoms with van der Waals surface area (Å²) in [5.41, 5.74) is 0. The highest BCUT2D eigenvalue weighted by Crippen LogP contribution is 2.12. The van der Waals surface area contributed by atoms with Crippen LogP contribution in [-0.4, -0.2) is 28.7 Å². The smallest absolute Gasteiger partial charge is 0.0512 e. The molecule has 0 aromatic rings. The third-order valence-electron chi connectivity index (χ3n) is 3.48. The van der Waals surface area contributed by atoms with Crippen LogP contribution in [0.2, 0.25) is 0 Å². The summed E-state index contributed by atoms with van der Waals surface area (Å²) in [6.45, 7) is 4.16. The molecule has 5 nitrogen and oxygen atoms in total. The minimum Gasteiger partial charge on any atom is -0.759 e. The van der Waals surface area contributed by atoms with Crippen LogP contribution in [0.15, 0.2) is 0 Å². The molecule has 6 heteroatoms. The lowest BCUT2D eigenvalue weighted by Gasteiger charge is -2.06. The second-order valence-corrected chi connectivity index (χ2v) is 6.75. The normalized spacial score (nSPS) is 12.6. The molecule has 0 spiro atoms. The molecular formula is C16H34O5S-2. The standard InChI is InChI=1S/C16H34O.H2O4S/c1-3-4-5-6-7-8-9-10-11-12-13-14-15-16(2)17;1-5(2,3)4/h16-17H,3-15H2,1-2H3;(H2,1,2,3,4)/p-2. The molecule has 0 aliphatic carbocycles. The monoisotopic (exact) mass is 338 g/mol. The molecule has 22 heavy (non-hydrogen) atoms. The van der Waals surface area contributed by atoms with Gasteiger partial charge in [-0.15, -0.1) is 0 Å². The van der Waals surface area contributed by atoms with Gasteiger partial charge >= 0.3 is 0 Å². The van der Waals surface area contributed by atoms with Crippen LogP contribution >= 0.6 is 0 Å². The average molecular weight is 339 g/mol. The topological polar surface area (TPSA) is 100 Å². The molecule has 0 saturated carbocycles. The Morgan fingerprint density at radius 1 is 0.773 bits per heavy atom. The van der Waals surface area contributed by atoms with Gasteiger partial charge in [0.05, 0.1) is 6.10 Å². The maximum Gasteiger partial charge on any atom is 0.0512 e. The van der Waals surface area contributed by atoms with Gasteiger partial charge in [0.1, 0.15) is 0 Å². The van der Waals surface area contributed by atoms with Crippen molar-refractivity contribution in [1.29, 1.82) is 0 Å². The highest BCUT2D eigenvalue weighted by molar-refractivity contribution is 7.79. The number of unbranched alkanes of at least 4 members (excludes halogenated alkanes) is 11. The minimum absolute atomic E-state index is 0.0990. The highest BCUT2D eigenvalue weighted by atomic mass is 32.3. The van der Waals surface area contributed by atoms with Gasteiger partial charge in [0.25, 0.3) is 0 Å². The third-order valence-corrected chi connectivity index (χ3v) is 3.48. The maximum atomic E-state index is 9.11. The summed E-state index contributed by atoms with van der Waals surface area (Å²) in [6.07, 6.45) is 17.6. The van der Waals surface area contributed by atoms with E-state index in [-0.39, 0.29) is 6.10 Å². The van der Waals surface area contributed by atoms with Gasteiger partial charge in [-0.2, -0.15) is 0 Å². The van der Waals surface area contributed by atoms with E-state index in [9.17, 15) is 0 Å². The fraction of sp³-hybridized carbons (Fsp3) is 1.00. The molecule has 0 rings (SSSR count). The number of aliphatic hydroxyl groups is 1. The number of hydrogen-bond donors (Lipinski definition) is 1. The predicted molar refractivity (Wildman–Crippen MR) is 87.9 cm³/mol. The number of aliphatic hydroxyl groups excluding tert-OH is 1. The molecule has 0 bridgehead atoms. The fourth-order valence-electron chi connectivity index (χ4n) is 2.28. The number of hydrogen-bond acceptors (Lipinski definition) is 5. The first-order chi connectivity index (χ1) is 10.3. The summed E-state index contributed by atoms with van der Waals surface area (Å²) >= 11 is 0. The highest BCUT2D eigenvalue weighted by Gasteiger charge is 1.96. The largest absolute Gasteiger partial charge is 0.759 e. The molecule has 1 unspecified atom stereocenters. The summed E-state index contributed by atoms with van der Waals surface area (Å²) in [5.74, 6) is 0. The lowest BCUT2D eigenvalue weighted by atomic mass is 10.0. The molecule has 1 atom stereocenters. The van der Waals surface area contributed by atoms with Crippen molar-refractivity contribution in [3.8, 4) is 0 Å². The Morgan fingerprint density at radius 3 is 1.32 bits per heavy atom. The lowest BCUT2D eigenvalue weighted by molar-refractivity contribution is 0.180. The first-order valence-corrected chi connectivity index (χ1v) is 9.95. The van der Waals surface area contributed by atoms with E-state index in [1.807, 2.05) is 6.92 Å². The van der Waals surface area contributed by atoms with E-state index in [1.165, 1.54) is 77.0 Å². The second-order valence-electron chi connectivity index (χ2n) is 5.94. The van der Waals surface area contributed by atoms with Crippen LogP contribution in [0.1, 0.15) is 97.3 Å². The molecule has 136 valence electrons. The van der Waals surface area contributed by atoms with E-state index in [1.54, 1.807) is 0 Å². The Kier molecular flexibility index (Phi) is 18.8. The molecule has 0 heterocycles. The van der Waals surface area contributed by atoms with Crippen molar-refractivity contribution in [1.82, 2.24) is 0 Å². The predicted octanol–water partition coefficient (Wildman–Crippen LogP) is 4.12. The van der Waals surface area contributed by atoms with Gasteiger partial charge in [-0.25, -0.2) is 0 Å². The average Bonchev–Trinajstić information content (AvgIpc) is 2.38. The van der Waals surface area contributed by atoms with Gasteiger partial charge in [0.2, 0.25) is 0 Å². The molecule has 0 fully saturated rings. The van der Waals surface area contributed by atoms with E-state index in [2.05, 4.69) is 6.92 Å². The van der Waals surface area contributed by atoms with E-state index in [0.29, 0.717) is 0 Å². The minimum atomic E-state index is -5.17. The van der Waals surface area contributed by atoms with Crippen LogP contribution in [0.25, 0.3) is 0 Å². The Labute approximate surface area is 137 Å². The molecule has 0 aliphatic rings. The van der Waals surface area contributed by atoms with Crippen molar-refractivity contribution in [2.45, 2.75) is 103 Å². The summed E-state index contributed by atoms with van der Waals surface area (Å²) in [7, 11) is -5.17. The zero-order valence-electron chi connectivity index (χ0n) is 14.3. The Hall–Kier alpha value is -0.170. The van der Waals surface area contributed by atoms with Crippen molar-refractivity contribution < 1.29 is 22.6 Å². The van der Waals surface area contributed by atoms with Gasteiger partial charge in [0.15, 0.2) is 0 Å². The maximum absolute atomic E-state index is 9.11. The molecule has 1 N–H and O–H groups in total. The molecule has 0 amide bonds. The zero-order chi connectivity index (χ0) is 17.3. The molecule has 0 aromatic carbocycles. The van der Waals surface area contributed by atoms with Crippen molar-refractivity contribution in [2.75, 3.05) is 0 Å². The van der Waals surface area contributed by atoms with Gasteiger partial charge in [-0.1, -0.05) is 84.0 Å². The number of rotatable bonds is 13. The van der Waals surface area contributed by atoms with Crippen LogP contribution in [0.4, 0.5) is 0 Å². The van der Waals surface area contributed by atoms with Gasteiger partial charge in [0, 0.05) is 10.4 Å². The van der Waals surface area contributed by atoms with Gasteiger partial charge in [-0.05, 0) is 13.3 Å². The van der Waals surface area contributed by atoms with E-state index in [4.69, 9.17) is 22.6 Å². The molecular weight excluding hydrogens is 304 g/mol. The van der Waals surface area contributed by atoms with Crippen LogP contribution < -0.4 is 0 Å². The summed E-state index contributed by atoms with van der Waals surface area (Å²) in [6, 6.07) is 0. The van der Waals surface area contributed by atoms with Gasteiger partial charge < -0.3 is 14.2 Å². The third kappa shape index (κ3) is 36.8. The second kappa shape index (κ2) is 17.2. The van der Waals surface area contributed by atoms with Crippen molar-refractivity contribution in [3.63, 3.8) is 0 Å².